The number of amides is 1. The van der Waals surface area contributed by atoms with Crippen LogP contribution in [0.2, 0.25) is 0 Å². The Kier molecular flexibility index (Phi) is 4.57. The molecule has 6 heteroatoms. The first-order valence-corrected chi connectivity index (χ1v) is 8.18. The van der Waals surface area contributed by atoms with Gasteiger partial charge in [0, 0.05) is 18.5 Å². The van der Waals surface area contributed by atoms with Crippen molar-refractivity contribution in [3.63, 3.8) is 0 Å². The number of rotatable bonds is 2. The van der Waals surface area contributed by atoms with Gasteiger partial charge in [-0.2, -0.15) is 0 Å². The lowest BCUT2D eigenvalue weighted by Crippen LogP contribution is -2.55. The highest BCUT2D eigenvalue weighted by Gasteiger charge is 2.35. The Labute approximate surface area is 130 Å². The maximum atomic E-state index is 12.4. The summed E-state index contributed by atoms with van der Waals surface area (Å²) < 4.78 is 6.94. The number of halogens is 2. The molecule has 100 valence electrons. The van der Waals surface area contributed by atoms with Crippen LogP contribution in [0.25, 0.3) is 0 Å². The number of nitrogens with zero attached hydrogens (tertiary/aromatic N) is 1. The summed E-state index contributed by atoms with van der Waals surface area (Å²) in [7, 11) is 0. The van der Waals surface area contributed by atoms with E-state index in [1.165, 1.54) is 0 Å². The van der Waals surface area contributed by atoms with Crippen molar-refractivity contribution in [2.75, 3.05) is 19.0 Å². The average molecular weight is 400 g/mol. The van der Waals surface area contributed by atoms with E-state index in [2.05, 4.69) is 22.6 Å². The molecule has 0 spiro atoms. The topological polar surface area (TPSA) is 29.5 Å². The van der Waals surface area contributed by atoms with E-state index in [9.17, 15) is 4.79 Å². The molecule has 1 amide bonds. The Morgan fingerprint density at radius 3 is 3.00 bits per heavy atom. The molecule has 1 saturated heterocycles. The zero-order chi connectivity index (χ0) is 13.3. The Bertz CT molecular complexity index is 449. The summed E-state index contributed by atoms with van der Waals surface area (Å²) in [6.45, 7) is 5.15. The van der Waals surface area contributed by atoms with E-state index in [4.69, 9.17) is 16.3 Å². The van der Waals surface area contributed by atoms with Crippen molar-refractivity contribution in [2.24, 2.45) is 0 Å². The van der Waals surface area contributed by atoms with Crippen LogP contribution in [0.15, 0.2) is 11.4 Å². The van der Waals surface area contributed by atoms with Gasteiger partial charge in [0.2, 0.25) is 0 Å². The zero-order valence-electron chi connectivity index (χ0n) is 10.3. The minimum absolute atomic E-state index is 0.0701. The fourth-order valence-corrected chi connectivity index (χ4v) is 3.62. The van der Waals surface area contributed by atoms with Crippen LogP contribution in [0.4, 0.5) is 0 Å². The van der Waals surface area contributed by atoms with Gasteiger partial charge in [-0.15, -0.1) is 22.9 Å². The molecule has 1 aromatic heterocycles. The first kappa shape index (κ1) is 14.6. The molecule has 0 N–H and O–H groups in total. The molecule has 0 radical (unpaired) electrons. The van der Waals surface area contributed by atoms with Gasteiger partial charge in [0.25, 0.3) is 5.91 Å². The van der Waals surface area contributed by atoms with E-state index in [0.29, 0.717) is 19.0 Å². The summed E-state index contributed by atoms with van der Waals surface area (Å²) >= 11 is 9.68. The summed E-state index contributed by atoms with van der Waals surface area (Å²) in [6.07, 6.45) is -0.0860. The van der Waals surface area contributed by atoms with E-state index >= 15 is 0 Å². The number of carbonyl (C=O) groups is 1. The average Bonchev–Trinajstić information content (AvgIpc) is 2.72. The second-order valence-electron chi connectivity index (χ2n) is 4.98. The lowest BCUT2D eigenvalue weighted by molar-refractivity contribution is -0.117. The van der Waals surface area contributed by atoms with Crippen LogP contribution < -0.4 is 0 Å². The first-order valence-electron chi connectivity index (χ1n) is 5.68. The molecule has 0 bridgehead atoms. The Morgan fingerprint density at radius 1 is 1.72 bits per heavy atom. The maximum absolute atomic E-state index is 12.4. The van der Waals surface area contributed by atoms with E-state index in [0.717, 1.165) is 8.45 Å². The van der Waals surface area contributed by atoms with Crippen LogP contribution in [0.1, 0.15) is 24.2 Å². The van der Waals surface area contributed by atoms with Crippen molar-refractivity contribution in [3.05, 3.63) is 19.9 Å². The minimum Gasteiger partial charge on any atom is -0.367 e. The number of hydrogen-bond donors (Lipinski definition) is 0. The minimum atomic E-state index is -0.337. The predicted molar refractivity (Wildman–Crippen MR) is 82.6 cm³/mol. The van der Waals surface area contributed by atoms with E-state index in [1.807, 2.05) is 30.2 Å². The lowest BCUT2D eigenvalue weighted by atomic mass is 10.0. The molecule has 18 heavy (non-hydrogen) atoms. The van der Waals surface area contributed by atoms with Crippen molar-refractivity contribution >= 4 is 51.4 Å². The second-order valence-corrected chi connectivity index (χ2v) is 8.09. The normalized spacial score (nSPS) is 23.1. The lowest BCUT2D eigenvalue weighted by Gasteiger charge is -2.42. The molecule has 1 unspecified atom stereocenters. The third kappa shape index (κ3) is 3.37. The highest BCUT2D eigenvalue weighted by Crippen LogP contribution is 2.25. The van der Waals surface area contributed by atoms with Crippen LogP contribution in [0, 0.1) is 2.88 Å². The van der Waals surface area contributed by atoms with Gasteiger partial charge >= 0.3 is 0 Å². The van der Waals surface area contributed by atoms with Crippen molar-refractivity contribution in [1.82, 2.24) is 4.90 Å². The summed E-state index contributed by atoms with van der Waals surface area (Å²) in [5.74, 6) is 0.481. The number of morpholine rings is 1. The van der Waals surface area contributed by atoms with E-state index < -0.39 is 0 Å². The maximum Gasteiger partial charge on any atom is 0.254 e. The van der Waals surface area contributed by atoms with Gasteiger partial charge in [-0.1, -0.05) is 0 Å². The molecule has 1 fully saturated rings. The van der Waals surface area contributed by atoms with Gasteiger partial charge in [-0.3, -0.25) is 4.79 Å². The van der Waals surface area contributed by atoms with Gasteiger partial charge in [-0.25, -0.2) is 0 Å². The summed E-state index contributed by atoms with van der Waals surface area (Å²) in [5.41, 5.74) is 0.423. The molecule has 1 aromatic rings. The molecule has 0 aliphatic carbocycles. The first-order chi connectivity index (χ1) is 8.41. The number of ether oxygens (including phenoxy) is 1. The predicted octanol–water partition coefficient (Wildman–Crippen LogP) is 3.21. The Morgan fingerprint density at radius 2 is 2.44 bits per heavy atom. The summed E-state index contributed by atoms with van der Waals surface area (Å²) in [5, 5.41) is 1.91. The van der Waals surface area contributed by atoms with Gasteiger partial charge in [0.1, 0.15) is 0 Å². The SMILES string of the molecule is CC1(C)CN(C(=O)c2csc(I)c2)CC(CCl)O1. The molecule has 1 aliphatic heterocycles. The monoisotopic (exact) mass is 399 g/mol. The molecule has 0 saturated carbocycles. The zero-order valence-corrected chi connectivity index (χ0v) is 14.0. The molecule has 3 nitrogen and oxygen atoms in total. The van der Waals surface area contributed by atoms with E-state index in [-0.39, 0.29) is 17.6 Å². The number of thiophene rings is 1. The van der Waals surface area contributed by atoms with E-state index in [1.54, 1.807) is 11.3 Å². The standard InChI is InChI=1S/C12H15ClINO2S/c1-12(2)7-15(5-9(4-13)17-12)11(16)8-3-10(14)18-6-8/h3,6,9H,4-5,7H2,1-2H3. The third-order valence-corrected chi connectivity index (χ3v) is 4.89. The largest absolute Gasteiger partial charge is 0.367 e. The molecule has 2 heterocycles. The van der Waals surface area contributed by atoms with Gasteiger partial charge in [0.05, 0.1) is 26.0 Å². The van der Waals surface area contributed by atoms with Crippen molar-refractivity contribution in [2.45, 2.75) is 25.6 Å². The van der Waals surface area contributed by atoms with Gasteiger partial charge in [0.15, 0.2) is 0 Å². The van der Waals surface area contributed by atoms with Gasteiger partial charge in [-0.05, 0) is 42.5 Å². The Hall–Kier alpha value is 0.150. The van der Waals surface area contributed by atoms with Crippen LogP contribution in [-0.4, -0.2) is 41.5 Å². The molecule has 1 aliphatic rings. The van der Waals surface area contributed by atoms with Crippen LogP contribution in [0.5, 0.6) is 0 Å². The molecular weight excluding hydrogens is 385 g/mol. The van der Waals surface area contributed by atoms with Crippen LogP contribution in [0.3, 0.4) is 0 Å². The van der Waals surface area contributed by atoms with Crippen LogP contribution >= 0.6 is 45.5 Å². The molecule has 0 aromatic carbocycles. The number of hydrogen-bond acceptors (Lipinski definition) is 3. The summed E-state index contributed by atoms with van der Waals surface area (Å²) in [6, 6.07) is 1.92. The van der Waals surface area contributed by atoms with Gasteiger partial charge < -0.3 is 9.64 Å². The fraction of sp³-hybridized carbons (Fsp3) is 0.583. The highest BCUT2D eigenvalue weighted by molar-refractivity contribution is 14.1. The second kappa shape index (κ2) is 5.64. The van der Waals surface area contributed by atoms with Crippen molar-refractivity contribution < 1.29 is 9.53 Å². The molecule has 2 rings (SSSR count). The molecule has 1 atom stereocenters. The fourth-order valence-electron chi connectivity index (χ4n) is 2.14. The van der Waals surface area contributed by atoms with Crippen LogP contribution in [-0.2, 0) is 4.74 Å². The summed E-state index contributed by atoms with van der Waals surface area (Å²) in [4.78, 5) is 14.2. The smallest absolute Gasteiger partial charge is 0.254 e. The third-order valence-electron chi connectivity index (χ3n) is 2.76. The van der Waals surface area contributed by atoms with Crippen molar-refractivity contribution in [1.29, 1.82) is 0 Å². The molecular formula is C12H15ClINO2S. The number of alkyl halides is 1. The quantitative estimate of drug-likeness (QED) is 0.564. The van der Waals surface area contributed by atoms with Crippen molar-refractivity contribution in [3.8, 4) is 0 Å². The number of carbonyl (C=O) groups excluding carboxylic acids is 1. The Balaban J connectivity index is 2.14. The highest BCUT2D eigenvalue weighted by atomic mass is 127.